The predicted molar refractivity (Wildman–Crippen MR) is 55.0 cm³/mol. The molecule has 0 saturated heterocycles. The number of rotatable bonds is 6. The fourth-order valence-electron chi connectivity index (χ4n) is 1.49. The number of hydrazine groups is 1. The zero-order valence-corrected chi connectivity index (χ0v) is 9.30. The maximum Gasteiger partial charge on any atom is 0.0156 e. The molecular formula is C10H24N2. The van der Waals surface area contributed by atoms with Crippen molar-refractivity contribution in [1.29, 1.82) is 0 Å². The first kappa shape index (κ1) is 11.9. The molecule has 0 aromatic carbocycles. The molecule has 0 aromatic heterocycles. The second-order valence-corrected chi connectivity index (χ2v) is 3.54. The second-order valence-electron chi connectivity index (χ2n) is 3.54. The molecule has 2 nitrogen and oxygen atoms in total. The van der Waals surface area contributed by atoms with Gasteiger partial charge in [-0.2, -0.15) is 0 Å². The molecule has 0 spiro atoms. The molecular weight excluding hydrogens is 148 g/mol. The number of nitrogens with zero attached hydrogens (tertiary/aromatic N) is 2. The van der Waals surface area contributed by atoms with Gasteiger partial charge in [-0.3, -0.25) is 0 Å². The van der Waals surface area contributed by atoms with E-state index in [9.17, 15) is 0 Å². The van der Waals surface area contributed by atoms with E-state index in [1.807, 2.05) is 0 Å². The summed E-state index contributed by atoms with van der Waals surface area (Å²) < 4.78 is 0. The van der Waals surface area contributed by atoms with Crippen molar-refractivity contribution in [3.8, 4) is 0 Å². The first-order chi connectivity index (χ1) is 5.65. The maximum absolute atomic E-state index is 2.44. The smallest absolute Gasteiger partial charge is 0.0156 e. The summed E-state index contributed by atoms with van der Waals surface area (Å²) in [5.41, 5.74) is 0. The number of hydrogen-bond acceptors (Lipinski definition) is 2. The second kappa shape index (κ2) is 6.44. The van der Waals surface area contributed by atoms with Crippen molar-refractivity contribution >= 4 is 0 Å². The first-order valence-corrected chi connectivity index (χ1v) is 5.15. The van der Waals surface area contributed by atoms with Crippen molar-refractivity contribution in [2.75, 3.05) is 26.2 Å². The average Bonchev–Trinajstić information content (AvgIpc) is 2.04. The van der Waals surface area contributed by atoms with Crippen LogP contribution in [0, 0.1) is 5.92 Å². The molecule has 0 aliphatic carbocycles. The molecule has 0 amide bonds. The van der Waals surface area contributed by atoms with E-state index in [4.69, 9.17) is 0 Å². The van der Waals surface area contributed by atoms with Gasteiger partial charge in [0.05, 0.1) is 0 Å². The van der Waals surface area contributed by atoms with Gasteiger partial charge in [0.2, 0.25) is 0 Å². The van der Waals surface area contributed by atoms with Crippen LogP contribution in [-0.2, 0) is 0 Å². The third-order valence-corrected chi connectivity index (χ3v) is 2.07. The lowest BCUT2D eigenvalue weighted by Gasteiger charge is -2.33. The minimum atomic E-state index is 0.755. The Morgan fingerprint density at radius 1 is 0.833 bits per heavy atom. The van der Waals surface area contributed by atoms with Crippen molar-refractivity contribution in [2.24, 2.45) is 5.92 Å². The van der Waals surface area contributed by atoms with Crippen LogP contribution in [0.1, 0.15) is 34.6 Å². The number of hydrogen-bond donors (Lipinski definition) is 0. The minimum absolute atomic E-state index is 0.755. The van der Waals surface area contributed by atoms with Crippen LogP contribution in [0.4, 0.5) is 0 Å². The molecule has 74 valence electrons. The monoisotopic (exact) mass is 172 g/mol. The molecule has 0 aliphatic heterocycles. The third kappa shape index (κ3) is 4.07. The van der Waals surface area contributed by atoms with Crippen molar-refractivity contribution in [3.05, 3.63) is 0 Å². The molecule has 0 N–H and O–H groups in total. The summed E-state index contributed by atoms with van der Waals surface area (Å²) in [6.07, 6.45) is 0. The predicted octanol–water partition coefficient (Wildman–Crippen LogP) is 2.22. The molecule has 0 unspecified atom stereocenters. The van der Waals surface area contributed by atoms with Gasteiger partial charge in [0.15, 0.2) is 0 Å². The highest BCUT2D eigenvalue weighted by Gasteiger charge is 2.10. The topological polar surface area (TPSA) is 6.48 Å². The molecule has 0 radical (unpaired) electrons. The fraction of sp³-hybridized carbons (Fsp3) is 1.00. The van der Waals surface area contributed by atoms with E-state index in [2.05, 4.69) is 44.6 Å². The third-order valence-electron chi connectivity index (χ3n) is 2.07. The van der Waals surface area contributed by atoms with E-state index in [0.717, 1.165) is 25.6 Å². The Morgan fingerprint density at radius 2 is 1.25 bits per heavy atom. The van der Waals surface area contributed by atoms with Crippen LogP contribution in [0.3, 0.4) is 0 Å². The lowest BCUT2D eigenvalue weighted by atomic mass is 10.2. The Labute approximate surface area is 77.5 Å². The Kier molecular flexibility index (Phi) is 6.39. The summed E-state index contributed by atoms with van der Waals surface area (Å²) in [6.45, 7) is 15.7. The molecule has 0 rings (SSSR count). The van der Waals surface area contributed by atoms with Crippen molar-refractivity contribution in [2.45, 2.75) is 34.6 Å². The van der Waals surface area contributed by atoms with Crippen molar-refractivity contribution in [3.63, 3.8) is 0 Å². The first-order valence-electron chi connectivity index (χ1n) is 5.15. The van der Waals surface area contributed by atoms with Crippen LogP contribution in [0.5, 0.6) is 0 Å². The van der Waals surface area contributed by atoms with Gasteiger partial charge >= 0.3 is 0 Å². The molecule has 0 bridgehead atoms. The van der Waals surface area contributed by atoms with E-state index in [1.54, 1.807) is 0 Å². The van der Waals surface area contributed by atoms with Crippen LogP contribution in [0.2, 0.25) is 0 Å². The van der Waals surface area contributed by atoms with Crippen LogP contribution in [0.15, 0.2) is 0 Å². The van der Waals surface area contributed by atoms with Gasteiger partial charge in [-0.05, 0) is 5.92 Å². The lowest BCUT2D eigenvalue weighted by molar-refractivity contribution is -0.0207. The van der Waals surface area contributed by atoms with Gasteiger partial charge < -0.3 is 0 Å². The van der Waals surface area contributed by atoms with Gasteiger partial charge in [0.1, 0.15) is 0 Å². The van der Waals surface area contributed by atoms with E-state index in [-0.39, 0.29) is 0 Å². The zero-order chi connectivity index (χ0) is 9.56. The summed E-state index contributed by atoms with van der Waals surface area (Å²) in [5, 5.41) is 4.84. The highest BCUT2D eigenvalue weighted by molar-refractivity contribution is 4.55. The SMILES string of the molecule is CCN(CC)N(CC)CC(C)C. The summed E-state index contributed by atoms with van der Waals surface area (Å²) in [5.74, 6) is 0.755. The maximum atomic E-state index is 2.44. The van der Waals surface area contributed by atoms with Crippen LogP contribution in [0.25, 0.3) is 0 Å². The fourth-order valence-corrected chi connectivity index (χ4v) is 1.49. The van der Waals surface area contributed by atoms with Crippen LogP contribution >= 0.6 is 0 Å². The largest absolute Gasteiger partial charge is 0.242 e. The van der Waals surface area contributed by atoms with Crippen LogP contribution < -0.4 is 0 Å². The standard InChI is InChI=1S/C10H24N2/c1-6-11(7-2)12(8-3)9-10(4)5/h10H,6-9H2,1-5H3. The molecule has 0 atom stereocenters. The summed E-state index contributed by atoms with van der Waals surface area (Å²) in [4.78, 5) is 0. The Bertz CT molecular complexity index is 98.0. The molecule has 2 heteroatoms. The zero-order valence-electron chi connectivity index (χ0n) is 9.30. The summed E-state index contributed by atoms with van der Waals surface area (Å²) in [7, 11) is 0. The van der Waals surface area contributed by atoms with E-state index in [0.29, 0.717) is 0 Å². The van der Waals surface area contributed by atoms with E-state index in [1.165, 1.54) is 6.54 Å². The Balaban J connectivity index is 3.92. The molecule has 0 saturated carbocycles. The normalized spacial score (nSPS) is 12.0. The molecule has 0 fully saturated rings. The molecule has 0 aromatic rings. The van der Waals surface area contributed by atoms with E-state index >= 15 is 0 Å². The van der Waals surface area contributed by atoms with Crippen molar-refractivity contribution < 1.29 is 0 Å². The lowest BCUT2D eigenvalue weighted by Crippen LogP contribution is -2.44. The van der Waals surface area contributed by atoms with Crippen LogP contribution in [-0.4, -0.2) is 36.2 Å². The molecule has 12 heavy (non-hydrogen) atoms. The summed E-state index contributed by atoms with van der Waals surface area (Å²) in [6, 6.07) is 0. The van der Waals surface area contributed by atoms with E-state index < -0.39 is 0 Å². The summed E-state index contributed by atoms with van der Waals surface area (Å²) >= 11 is 0. The highest BCUT2D eigenvalue weighted by atomic mass is 15.6. The molecule has 0 aliphatic rings. The average molecular weight is 172 g/mol. The van der Waals surface area contributed by atoms with Gasteiger partial charge in [0, 0.05) is 26.2 Å². The quantitative estimate of drug-likeness (QED) is 0.567. The Hall–Kier alpha value is -0.0800. The van der Waals surface area contributed by atoms with Gasteiger partial charge in [0.25, 0.3) is 0 Å². The van der Waals surface area contributed by atoms with Gasteiger partial charge in [-0.25, -0.2) is 10.0 Å². The molecule has 0 heterocycles. The minimum Gasteiger partial charge on any atom is -0.242 e. The highest BCUT2D eigenvalue weighted by Crippen LogP contribution is 2.02. The van der Waals surface area contributed by atoms with Gasteiger partial charge in [-0.15, -0.1) is 0 Å². The van der Waals surface area contributed by atoms with Gasteiger partial charge in [-0.1, -0.05) is 34.6 Å². The van der Waals surface area contributed by atoms with Crippen molar-refractivity contribution in [1.82, 2.24) is 10.0 Å². The Morgan fingerprint density at radius 3 is 1.50 bits per heavy atom.